The van der Waals surface area contributed by atoms with Gasteiger partial charge < -0.3 is 5.32 Å². The lowest BCUT2D eigenvalue weighted by Crippen LogP contribution is -2.12. The van der Waals surface area contributed by atoms with Crippen LogP contribution in [0, 0.1) is 0 Å². The van der Waals surface area contributed by atoms with E-state index in [-0.39, 0.29) is 10.8 Å². The Kier molecular flexibility index (Phi) is 6.70. The molecule has 3 rings (SSSR count). The Bertz CT molecular complexity index is 1090. The summed E-state index contributed by atoms with van der Waals surface area (Å²) in [4.78, 5) is 12.0. The minimum absolute atomic E-state index is 0.0834. The average molecular weight is 430 g/mol. The first kappa shape index (κ1) is 20.6. The second kappa shape index (κ2) is 9.41. The second-order valence-electron chi connectivity index (χ2n) is 6.01. The maximum absolute atomic E-state index is 12.0. The van der Waals surface area contributed by atoms with Gasteiger partial charge in [-0.25, -0.2) is 13.6 Å². The highest BCUT2D eigenvalue weighted by Crippen LogP contribution is 2.20. The third-order valence-corrected chi connectivity index (χ3v) is 5.55. The number of hydrogen-bond acceptors (Lipinski definition) is 7. The van der Waals surface area contributed by atoms with E-state index in [0.717, 1.165) is 11.1 Å². The molecule has 0 bridgehead atoms. The number of aromatic nitrogens is 2. The van der Waals surface area contributed by atoms with Gasteiger partial charge >= 0.3 is 0 Å². The average Bonchev–Trinajstić information content (AvgIpc) is 3.14. The zero-order valence-corrected chi connectivity index (χ0v) is 16.9. The standard InChI is InChI=1S/C19H19N5O3S2/c20-29(26,27)16-9-6-15(7-10-16)12-13-21-18-23-24-19(28-18)22-17(25)11-8-14-4-2-1-3-5-14/h1-11H,12-13H2,(H,21,23)(H2,20,26,27)(H,22,24,25). The zero-order chi connectivity index (χ0) is 20.7. The van der Waals surface area contributed by atoms with E-state index >= 15 is 0 Å². The number of nitrogens with zero attached hydrogens (tertiary/aromatic N) is 2. The van der Waals surface area contributed by atoms with Crippen LogP contribution in [-0.4, -0.2) is 31.1 Å². The smallest absolute Gasteiger partial charge is 0.250 e. The van der Waals surface area contributed by atoms with E-state index in [2.05, 4.69) is 20.8 Å². The second-order valence-corrected chi connectivity index (χ2v) is 8.55. The van der Waals surface area contributed by atoms with Gasteiger partial charge in [0, 0.05) is 12.6 Å². The summed E-state index contributed by atoms with van der Waals surface area (Å²) < 4.78 is 22.5. The van der Waals surface area contributed by atoms with E-state index in [9.17, 15) is 13.2 Å². The third kappa shape index (κ3) is 6.49. The van der Waals surface area contributed by atoms with Crippen molar-refractivity contribution in [3.8, 4) is 0 Å². The number of nitrogens with one attached hydrogen (secondary N) is 2. The normalized spacial score (nSPS) is 11.5. The third-order valence-electron chi connectivity index (χ3n) is 3.82. The van der Waals surface area contributed by atoms with Gasteiger partial charge in [-0.05, 0) is 35.8 Å². The Morgan fingerprint density at radius 2 is 1.72 bits per heavy atom. The number of nitrogens with two attached hydrogens (primary N) is 1. The highest BCUT2D eigenvalue weighted by atomic mass is 32.2. The van der Waals surface area contributed by atoms with Crippen molar-refractivity contribution in [1.82, 2.24) is 10.2 Å². The topological polar surface area (TPSA) is 127 Å². The minimum Gasteiger partial charge on any atom is -0.360 e. The number of benzene rings is 2. The fourth-order valence-electron chi connectivity index (χ4n) is 2.39. The van der Waals surface area contributed by atoms with Crippen molar-refractivity contribution in [3.05, 3.63) is 71.8 Å². The predicted molar refractivity (Wildman–Crippen MR) is 114 cm³/mol. The fourth-order valence-corrected chi connectivity index (χ4v) is 3.58. The van der Waals surface area contributed by atoms with Gasteiger partial charge in [0.1, 0.15) is 0 Å². The van der Waals surface area contributed by atoms with Crippen molar-refractivity contribution in [3.63, 3.8) is 0 Å². The molecular formula is C19H19N5O3S2. The van der Waals surface area contributed by atoms with Crippen molar-refractivity contribution in [1.29, 1.82) is 0 Å². The molecule has 1 amide bonds. The van der Waals surface area contributed by atoms with E-state index in [4.69, 9.17) is 5.14 Å². The molecule has 2 aromatic carbocycles. The SMILES string of the molecule is NS(=O)(=O)c1ccc(CCNc2nnc(NC(=O)C=Cc3ccccc3)s2)cc1. The van der Waals surface area contributed by atoms with Crippen LogP contribution in [0.15, 0.2) is 65.6 Å². The van der Waals surface area contributed by atoms with Crippen LogP contribution in [0.3, 0.4) is 0 Å². The molecule has 0 unspecified atom stereocenters. The Morgan fingerprint density at radius 3 is 2.41 bits per heavy atom. The zero-order valence-electron chi connectivity index (χ0n) is 15.3. The van der Waals surface area contributed by atoms with Gasteiger partial charge in [-0.2, -0.15) is 0 Å². The van der Waals surface area contributed by atoms with Crippen molar-refractivity contribution in [2.45, 2.75) is 11.3 Å². The molecule has 0 radical (unpaired) electrons. The molecule has 0 spiro atoms. The highest BCUT2D eigenvalue weighted by molar-refractivity contribution is 7.89. The molecule has 3 aromatic rings. The van der Waals surface area contributed by atoms with Crippen molar-refractivity contribution in [2.24, 2.45) is 5.14 Å². The van der Waals surface area contributed by atoms with Crippen LogP contribution in [0.4, 0.5) is 10.3 Å². The number of carbonyl (C=O) groups excluding carboxylic acids is 1. The summed E-state index contributed by atoms with van der Waals surface area (Å²) in [5, 5.41) is 19.8. The summed E-state index contributed by atoms with van der Waals surface area (Å²) in [5.74, 6) is -0.286. The molecule has 150 valence electrons. The summed E-state index contributed by atoms with van der Waals surface area (Å²) in [7, 11) is -3.68. The van der Waals surface area contributed by atoms with Crippen LogP contribution in [-0.2, 0) is 21.2 Å². The number of rotatable bonds is 8. The summed E-state index contributed by atoms with van der Waals surface area (Å²) in [6.07, 6.45) is 3.82. The molecular weight excluding hydrogens is 410 g/mol. The lowest BCUT2D eigenvalue weighted by atomic mass is 10.1. The Morgan fingerprint density at radius 1 is 1.03 bits per heavy atom. The molecule has 10 heteroatoms. The van der Waals surface area contributed by atoms with Gasteiger partial charge in [0.05, 0.1) is 4.90 Å². The summed E-state index contributed by atoms with van der Waals surface area (Å²) >= 11 is 1.23. The fraction of sp³-hybridized carbons (Fsp3) is 0.105. The molecule has 8 nitrogen and oxygen atoms in total. The molecule has 0 aliphatic carbocycles. The molecule has 0 saturated carbocycles. The van der Waals surface area contributed by atoms with Gasteiger partial charge in [-0.3, -0.25) is 10.1 Å². The van der Waals surface area contributed by atoms with Crippen molar-refractivity contribution < 1.29 is 13.2 Å². The molecule has 0 saturated heterocycles. The molecule has 0 fully saturated rings. The Balaban J connectivity index is 1.46. The summed E-state index contributed by atoms with van der Waals surface area (Å²) in [5.41, 5.74) is 1.88. The monoisotopic (exact) mass is 429 g/mol. The number of carbonyl (C=O) groups is 1. The van der Waals surface area contributed by atoms with Crippen LogP contribution < -0.4 is 15.8 Å². The van der Waals surface area contributed by atoms with Gasteiger partial charge in [0.2, 0.25) is 26.2 Å². The van der Waals surface area contributed by atoms with Crippen LogP contribution in [0.1, 0.15) is 11.1 Å². The van der Waals surface area contributed by atoms with E-state index in [1.165, 1.54) is 29.5 Å². The molecule has 1 heterocycles. The number of sulfonamides is 1. The molecule has 0 aliphatic rings. The van der Waals surface area contributed by atoms with Crippen molar-refractivity contribution in [2.75, 3.05) is 17.2 Å². The van der Waals surface area contributed by atoms with Gasteiger partial charge in [0.15, 0.2) is 0 Å². The molecule has 0 atom stereocenters. The number of anilines is 2. The summed E-state index contributed by atoms with van der Waals surface area (Å²) in [6.45, 7) is 0.575. The van der Waals surface area contributed by atoms with Gasteiger partial charge in [-0.1, -0.05) is 53.8 Å². The summed E-state index contributed by atoms with van der Waals surface area (Å²) in [6, 6.07) is 15.9. The number of amides is 1. The Hall–Kier alpha value is -3.08. The first-order valence-electron chi connectivity index (χ1n) is 8.63. The number of primary sulfonamides is 1. The lowest BCUT2D eigenvalue weighted by molar-refractivity contribution is -0.111. The molecule has 29 heavy (non-hydrogen) atoms. The van der Waals surface area contributed by atoms with Crippen LogP contribution in [0.5, 0.6) is 0 Å². The van der Waals surface area contributed by atoms with Crippen LogP contribution in [0.25, 0.3) is 6.08 Å². The van der Waals surface area contributed by atoms with Crippen LogP contribution >= 0.6 is 11.3 Å². The van der Waals surface area contributed by atoms with Gasteiger partial charge in [0.25, 0.3) is 0 Å². The minimum atomic E-state index is -3.68. The van der Waals surface area contributed by atoms with E-state index in [1.54, 1.807) is 18.2 Å². The molecule has 4 N–H and O–H groups in total. The first-order valence-corrected chi connectivity index (χ1v) is 11.0. The maximum atomic E-state index is 12.0. The largest absolute Gasteiger partial charge is 0.360 e. The quantitative estimate of drug-likeness (QED) is 0.472. The number of hydrogen-bond donors (Lipinski definition) is 3. The molecule has 0 aliphatic heterocycles. The lowest BCUT2D eigenvalue weighted by Gasteiger charge is -2.04. The highest BCUT2D eigenvalue weighted by Gasteiger charge is 2.08. The van der Waals surface area contributed by atoms with Crippen molar-refractivity contribution >= 4 is 43.6 Å². The van der Waals surface area contributed by atoms with E-state index in [0.29, 0.717) is 23.2 Å². The Labute approximate surface area is 172 Å². The van der Waals surface area contributed by atoms with E-state index in [1.807, 2.05) is 30.3 Å². The van der Waals surface area contributed by atoms with Gasteiger partial charge in [-0.15, -0.1) is 10.2 Å². The van der Waals surface area contributed by atoms with E-state index < -0.39 is 10.0 Å². The van der Waals surface area contributed by atoms with Crippen LogP contribution in [0.2, 0.25) is 0 Å². The molecule has 1 aromatic heterocycles. The maximum Gasteiger partial charge on any atom is 0.250 e. The first-order chi connectivity index (χ1) is 13.9. The predicted octanol–water partition coefficient (Wildman–Crippen LogP) is 2.49.